The topological polar surface area (TPSA) is 18.5 Å². The summed E-state index contributed by atoms with van der Waals surface area (Å²) in [6, 6.07) is 5.55. The van der Waals surface area contributed by atoms with Crippen LogP contribution in [0, 0.1) is 5.41 Å². The molecule has 0 radical (unpaired) electrons. The first-order chi connectivity index (χ1) is 9.84. The van der Waals surface area contributed by atoms with E-state index in [2.05, 4.69) is 20.8 Å². The normalized spacial score (nSPS) is 38.7. The highest BCUT2D eigenvalue weighted by atomic mass is 35.5. The van der Waals surface area contributed by atoms with Gasteiger partial charge in [-0.15, -0.1) is 0 Å². The maximum Gasteiger partial charge on any atom is 0.0919 e. The lowest BCUT2D eigenvalue weighted by molar-refractivity contribution is -0.274. The number of rotatable bonds is 3. The van der Waals surface area contributed by atoms with Crippen LogP contribution in [0.1, 0.15) is 45.6 Å². The summed E-state index contributed by atoms with van der Waals surface area (Å²) in [5.74, 6) is 0. The van der Waals surface area contributed by atoms with Gasteiger partial charge in [0.2, 0.25) is 0 Å². The van der Waals surface area contributed by atoms with Crippen molar-refractivity contribution in [2.75, 3.05) is 0 Å². The molecule has 1 aromatic carbocycles. The first-order valence-corrected chi connectivity index (χ1v) is 8.32. The molecular weight excluding hydrogens is 307 g/mol. The van der Waals surface area contributed by atoms with Crippen molar-refractivity contribution in [3.8, 4) is 0 Å². The molecule has 4 atom stereocenters. The molecule has 1 aliphatic carbocycles. The van der Waals surface area contributed by atoms with E-state index < -0.39 is 0 Å². The van der Waals surface area contributed by atoms with E-state index in [-0.39, 0.29) is 17.1 Å². The van der Waals surface area contributed by atoms with Gasteiger partial charge >= 0.3 is 0 Å². The second-order valence-electron chi connectivity index (χ2n) is 6.93. The van der Waals surface area contributed by atoms with Crippen LogP contribution >= 0.6 is 23.2 Å². The highest BCUT2D eigenvalue weighted by Gasteiger charge is 2.55. The van der Waals surface area contributed by atoms with E-state index in [4.69, 9.17) is 32.7 Å². The van der Waals surface area contributed by atoms with Gasteiger partial charge in [0.05, 0.1) is 24.4 Å². The van der Waals surface area contributed by atoms with Gasteiger partial charge in [0.25, 0.3) is 0 Å². The van der Waals surface area contributed by atoms with Crippen LogP contribution in [0.25, 0.3) is 0 Å². The summed E-state index contributed by atoms with van der Waals surface area (Å²) in [5.41, 5.74) is 0.890. The lowest BCUT2D eigenvalue weighted by Gasteiger charge is -2.58. The van der Waals surface area contributed by atoms with Crippen LogP contribution in [0.5, 0.6) is 0 Å². The minimum atomic E-state index is -0.190. The van der Waals surface area contributed by atoms with Crippen molar-refractivity contribution in [1.29, 1.82) is 0 Å². The Hall–Kier alpha value is -0.280. The van der Waals surface area contributed by atoms with E-state index in [1.165, 1.54) is 6.42 Å². The predicted molar refractivity (Wildman–Crippen MR) is 85.9 cm³/mol. The second kappa shape index (κ2) is 5.42. The maximum absolute atomic E-state index is 6.25. The predicted octanol–water partition coefficient (Wildman–Crippen LogP) is 5.25. The summed E-state index contributed by atoms with van der Waals surface area (Å²) in [6.45, 7) is 7.08. The Morgan fingerprint density at radius 2 is 1.90 bits per heavy atom. The Morgan fingerprint density at radius 1 is 1.24 bits per heavy atom. The summed E-state index contributed by atoms with van der Waals surface area (Å²) in [4.78, 5) is 0. The monoisotopic (exact) mass is 328 g/mol. The first kappa shape index (κ1) is 15.6. The van der Waals surface area contributed by atoms with Gasteiger partial charge in [-0.05, 0) is 50.7 Å². The summed E-state index contributed by atoms with van der Waals surface area (Å²) in [5, 5.41) is 1.32. The summed E-state index contributed by atoms with van der Waals surface area (Å²) in [7, 11) is 0. The first-order valence-electron chi connectivity index (χ1n) is 7.56. The van der Waals surface area contributed by atoms with Crippen LogP contribution < -0.4 is 0 Å². The molecule has 2 nitrogen and oxygen atoms in total. The standard InChI is InChI=1S/C17H22Cl2O2/c1-11-16(2)7-8-17(3,21-11)15(9-16)20-10-12-13(18)5-4-6-14(12)19/h4-6,11,15H,7-10H2,1-3H3. The van der Waals surface area contributed by atoms with Crippen molar-refractivity contribution in [2.45, 2.75) is 64.4 Å². The van der Waals surface area contributed by atoms with Crippen molar-refractivity contribution in [3.05, 3.63) is 33.8 Å². The molecule has 4 rings (SSSR count). The van der Waals surface area contributed by atoms with Crippen LogP contribution in [-0.2, 0) is 16.1 Å². The van der Waals surface area contributed by atoms with Crippen LogP contribution in [0.15, 0.2) is 18.2 Å². The lowest BCUT2D eigenvalue weighted by atomic mass is 9.63. The molecule has 2 bridgehead atoms. The zero-order valence-corrected chi connectivity index (χ0v) is 14.3. The van der Waals surface area contributed by atoms with Gasteiger partial charge in [0.1, 0.15) is 0 Å². The van der Waals surface area contributed by atoms with E-state index in [9.17, 15) is 0 Å². The Kier molecular flexibility index (Phi) is 4.03. The molecule has 4 unspecified atom stereocenters. The smallest absolute Gasteiger partial charge is 0.0919 e. The molecular formula is C17H22Cl2O2. The van der Waals surface area contributed by atoms with Gasteiger partial charge in [0.15, 0.2) is 0 Å². The summed E-state index contributed by atoms with van der Waals surface area (Å²) >= 11 is 12.4. The Balaban J connectivity index is 1.74. The fraction of sp³-hybridized carbons (Fsp3) is 0.647. The minimum absolute atomic E-state index is 0.0970. The maximum atomic E-state index is 6.25. The lowest BCUT2D eigenvalue weighted by Crippen LogP contribution is -2.61. The molecule has 2 saturated heterocycles. The number of benzene rings is 1. The van der Waals surface area contributed by atoms with Crippen molar-refractivity contribution in [3.63, 3.8) is 0 Å². The Labute approximate surface area is 136 Å². The average Bonchev–Trinajstić information content (AvgIpc) is 2.41. The molecule has 1 aromatic rings. The molecule has 3 aliphatic rings. The molecule has 21 heavy (non-hydrogen) atoms. The summed E-state index contributed by atoms with van der Waals surface area (Å²) < 4.78 is 12.4. The van der Waals surface area contributed by atoms with E-state index in [0.29, 0.717) is 22.8 Å². The fourth-order valence-corrected chi connectivity index (χ4v) is 4.08. The van der Waals surface area contributed by atoms with Crippen molar-refractivity contribution in [1.82, 2.24) is 0 Å². The zero-order valence-electron chi connectivity index (χ0n) is 12.8. The largest absolute Gasteiger partial charge is 0.370 e. The third-order valence-electron chi connectivity index (χ3n) is 5.44. The molecule has 1 saturated carbocycles. The average molecular weight is 329 g/mol. The SMILES string of the molecule is CC1OC2(C)CCC1(C)CC2OCc1c(Cl)cccc1Cl. The van der Waals surface area contributed by atoms with Crippen LogP contribution in [0.4, 0.5) is 0 Å². The molecule has 0 amide bonds. The number of halogens is 2. The van der Waals surface area contributed by atoms with Crippen LogP contribution in [0.3, 0.4) is 0 Å². The molecule has 0 N–H and O–H groups in total. The number of ether oxygens (including phenoxy) is 2. The van der Waals surface area contributed by atoms with Gasteiger partial charge in [-0.2, -0.15) is 0 Å². The number of hydrogen-bond donors (Lipinski definition) is 0. The molecule has 0 aromatic heterocycles. The second-order valence-corrected chi connectivity index (χ2v) is 7.75. The highest BCUT2D eigenvalue weighted by molar-refractivity contribution is 6.35. The van der Waals surface area contributed by atoms with Crippen molar-refractivity contribution in [2.24, 2.45) is 5.41 Å². The number of hydrogen-bond acceptors (Lipinski definition) is 2. The van der Waals surface area contributed by atoms with Crippen LogP contribution in [-0.4, -0.2) is 17.8 Å². The van der Waals surface area contributed by atoms with Gasteiger partial charge in [-0.1, -0.05) is 36.2 Å². The molecule has 3 fully saturated rings. The van der Waals surface area contributed by atoms with Gasteiger partial charge in [-0.3, -0.25) is 0 Å². The van der Waals surface area contributed by atoms with Crippen LogP contribution in [0.2, 0.25) is 10.0 Å². The van der Waals surface area contributed by atoms with Gasteiger partial charge in [0, 0.05) is 15.6 Å². The van der Waals surface area contributed by atoms with Gasteiger partial charge < -0.3 is 9.47 Å². The third-order valence-corrected chi connectivity index (χ3v) is 6.15. The van der Waals surface area contributed by atoms with E-state index in [1.54, 1.807) is 0 Å². The molecule has 116 valence electrons. The Morgan fingerprint density at radius 3 is 2.52 bits per heavy atom. The summed E-state index contributed by atoms with van der Waals surface area (Å²) in [6.07, 6.45) is 3.68. The molecule has 4 heteroatoms. The quantitative estimate of drug-likeness (QED) is 0.754. The van der Waals surface area contributed by atoms with E-state index >= 15 is 0 Å². The van der Waals surface area contributed by atoms with Crippen molar-refractivity contribution < 1.29 is 9.47 Å². The fourth-order valence-electron chi connectivity index (χ4n) is 3.58. The molecule has 2 heterocycles. The highest BCUT2D eigenvalue weighted by Crippen LogP contribution is 2.53. The minimum Gasteiger partial charge on any atom is -0.370 e. The van der Waals surface area contributed by atoms with Gasteiger partial charge in [-0.25, -0.2) is 0 Å². The zero-order chi connectivity index (χ0) is 15.3. The third kappa shape index (κ3) is 2.72. The molecule has 0 spiro atoms. The van der Waals surface area contributed by atoms with E-state index in [1.807, 2.05) is 18.2 Å². The number of fused-ring (bicyclic) bond motifs is 3. The Bertz CT molecular complexity index is 527. The van der Waals surface area contributed by atoms with E-state index in [0.717, 1.165) is 18.4 Å². The molecule has 2 aliphatic heterocycles. The van der Waals surface area contributed by atoms with Crippen molar-refractivity contribution >= 4 is 23.2 Å².